The first kappa shape index (κ1) is 14.8. The lowest BCUT2D eigenvalue weighted by molar-refractivity contribution is -0.119. The highest BCUT2D eigenvalue weighted by atomic mass is 35.5. The molecular weight excluding hydrogens is 302 g/mol. The van der Waals surface area contributed by atoms with Gasteiger partial charge in [0.1, 0.15) is 16.6 Å². The molecule has 1 amide bonds. The molecule has 1 unspecified atom stereocenters. The van der Waals surface area contributed by atoms with Crippen molar-refractivity contribution in [3.8, 4) is 6.07 Å². The summed E-state index contributed by atoms with van der Waals surface area (Å²) in [6, 6.07) is 2.01. The Morgan fingerprint density at radius 2 is 2.14 bits per heavy atom. The monoisotopic (exact) mass is 317 g/mol. The highest BCUT2D eigenvalue weighted by Crippen LogP contribution is 2.29. The van der Waals surface area contributed by atoms with E-state index in [-0.39, 0.29) is 11.1 Å². The number of aryl methyl sites for hydroxylation is 1. The van der Waals surface area contributed by atoms with E-state index in [1.165, 1.54) is 24.2 Å². The van der Waals surface area contributed by atoms with Gasteiger partial charge in [-0.1, -0.05) is 30.9 Å². The molecule has 3 heterocycles. The van der Waals surface area contributed by atoms with Crippen molar-refractivity contribution in [1.29, 1.82) is 5.26 Å². The minimum atomic E-state index is -0.593. The topological polar surface area (TPSA) is 74.3 Å². The van der Waals surface area contributed by atoms with E-state index in [0.29, 0.717) is 18.8 Å². The highest BCUT2D eigenvalue weighted by Gasteiger charge is 2.34. The van der Waals surface area contributed by atoms with Gasteiger partial charge in [0.15, 0.2) is 5.82 Å². The fourth-order valence-electron chi connectivity index (χ4n) is 2.31. The summed E-state index contributed by atoms with van der Waals surface area (Å²) in [5, 5.41) is 13.3. The van der Waals surface area contributed by atoms with E-state index in [4.69, 9.17) is 16.9 Å². The first-order valence-corrected chi connectivity index (χ1v) is 7.71. The largest absolute Gasteiger partial charge is 0.294 e. The lowest BCUT2D eigenvalue weighted by Gasteiger charge is -2.16. The minimum absolute atomic E-state index is 0.222. The lowest BCUT2D eigenvalue weighted by atomic mass is 10.1. The van der Waals surface area contributed by atoms with Crippen molar-refractivity contribution in [3.05, 3.63) is 23.1 Å². The molecule has 4 rings (SSSR count). The number of nitrogens with zero attached hydrogens (tertiary/aromatic N) is 5. The third-order valence-electron chi connectivity index (χ3n) is 3.60. The van der Waals surface area contributed by atoms with Gasteiger partial charge in [0.2, 0.25) is 5.91 Å². The smallest absolute Gasteiger partial charge is 0.245 e. The summed E-state index contributed by atoms with van der Waals surface area (Å²) >= 11 is 5.95. The molecule has 2 aromatic heterocycles. The Bertz CT molecular complexity index is 758. The van der Waals surface area contributed by atoms with Gasteiger partial charge in [0, 0.05) is 6.54 Å². The fourth-order valence-corrected chi connectivity index (χ4v) is 2.48. The SMILES string of the molecule is C1CC1.Cc1cnn2cc(Cl)nc(N3CCC(C#N)C3=O)c12. The second kappa shape index (κ2) is 5.93. The van der Waals surface area contributed by atoms with Crippen LogP contribution in [0.5, 0.6) is 0 Å². The Hall–Kier alpha value is -2.13. The van der Waals surface area contributed by atoms with Crippen molar-refractivity contribution in [1.82, 2.24) is 14.6 Å². The number of rotatable bonds is 1. The van der Waals surface area contributed by atoms with Crippen LogP contribution in [0.3, 0.4) is 0 Å². The Balaban J connectivity index is 0.000000429. The van der Waals surface area contributed by atoms with Crippen LogP contribution in [-0.4, -0.2) is 27.0 Å². The average Bonchev–Trinajstić information content (AvgIpc) is 3.27. The van der Waals surface area contributed by atoms with Gasteiger partial charge in [-0.25, -0.2) is 9.50 Å². The van der Waals surface area contributed by atoms with Crippen molar-refractivity contribution < 1.29 is 4.79 Å². The number of anilines is 1. The third kappa shape index (κ3) is 2.77. The molecule has 0 bridgehead atoms. The van der Waals surface area contributed by atoms with Crippen molar-refractivity contribution in [2.45, 2.75) is 32.6 Å². The van der Waals surface area contributed by atoms with Crippen molar-refractivity contribution in [2.24, 2.45) is 5.92 Å². The van der Waals surface area contributed by atoms with Crippen LogP contribution in [0.2, 0.25) is 5.15 Å². The van der Waals surface area contributed by atoms with Crippen LogP contribution in [-0.2, 0) is 4.79 Å². The number of halogens is 1. The molecule has 1 aliphatic heterocycles. The lowest BCUT2D eigenvalue weighted by Crippen LogP contribution is -2.28. The van der Waals surface area contributed by atoms with Crippen LogP contribution >= 0.6 is 11.6 Å². The number of hydrogen-bond acceptors (Lipinski definition) is 4. The molecule has 2 aromatic rings. The maximum absolute atomic E-state index is 12.1. The van der Waals surface area contributed by atoms with Gasteiger partial charge < -0.3 is 0 Å². The summed E-state index contributed by atoms with van der Waals surface area (Å²) in [7, 11) is 0. The zero-order valence-corrected chi connectivity index (χ0v) is 13.0. The molecule has 0 radical (unpaired) electrons. The van der Waals surface area contributed by atoms with Gasteiger partial charge in [0.25, 0.3) is 0 Å². The number of carbonyl (C=O) groups is 1. The number of nitriles is 1. The van der Waals surface area contributed by atoms with E-state index < -0.39 is 5.92 Å². The Morgan fingerprint density at radius 1 is 1.41 bits per heavy atom. The summed E-state index contributed by atoms with van der Waals surface area (Å²) < 4.78 is 1.60. The average molecular weight is 318 g/mol. The molecule has 0 N–H and O–H groups in total. The van der Waals surface area contributed by atoms with Gasteiger partial charge in [-0.05, 0) is 18.9 Å². The van der Waals surface area contributed by atoms with Gasteiger partial charge in [-0.15, -0.1) is 0 Å². The van der Waals surface area contributed by atoms with Crippen molar-refractivity contribution >= 4 is 28.8 Å². The molecule has 6 nitrogen and oxygen atoms in total. The maximum atomic E-state index is 12.1. The predicted molar refractivity (Wildman–Crippen MR) is 82.7 cm³/mol. The molecule has 114 valence electrons. The van der Waals surface area contributed by atoms with Crippen LogP contribution < -0.4 is 4.90 Å². The van der Waals surface area contributed by atoms with E-state index in [0.717, 1.165) is 11.1 Å². The molecule has 0 aromatic carbocycles. The van der Waals surface area contributed by atoms with Crippen LogP contribution in [0.1, 0.15) is 31.2 Å². The molecule has 2 aliphatic rings. The fraction of sp³-hybridized carbons (Fsp3) is 0.467. The van der Waals surface area contributed by atoms with Crippen LogP contribution in [0.15, 0.2) is 12.4 Å². The van der Waals surface area contributed by atoms with E-state index in [2.05, 4.69) is 10.1 Å². The zero-order chi connectivity index (χ0) is 15.7. The standard InChI is InChI=1S/C12H10ClN5O.C3H6/c1-7-5-15-18-6-9(13)16-11(10(7)18)17-3-2-8(4-14)12(17)19;1-2-3-1/h5-6,8H,2-3H2,1H3;1-3H2. The molecule has 1 saturated heterocycles. The second-order valence-corrected chi connectivity index (χ2v) is 5.92. The van der Waals surface area contributed by atoms with E-state index in [9.17, 15) is 4.79 Å². The number of fused-ring (bicyclic) bond motifs is 1. The number of carbonyl (C=O) groups excluding carboxylic acids is 1. The van der Waals surface area contributed by atoms with Gasteiger partial charge >= 0.3 is 0 Å². The van der Waals surface area contributed by atoms with Crippen LogP contribution in [0.4, 0.5) is 5.82 Å². The molecule has 0 spiro atoms. The number of aromatic nitrogens is 3. The Morgan fingerprint density at radius 3 is 2.73 bits per heavy atom. The molecule has 1 saturated carbocycles. The summed E-state index contributed by atoms with van der Waals surface area (Å²) in [5.41, 5.74) is 1.66. The summed E-state index contributed by atoms with van der Waals surface area (Å²) in [6.07, 6.45) is 8.30. The summed E-state index contributed by atoms with van der Waals surface area (Å²) in [4.78, 5) is 17.9. The Kier molecular flexibility index (Phi) is 3.99. The normalized spacial score (nSPS) is 19.8. The quantitative estimate of drug-likeness (QED) is 0.810. The number of amides is 1. The van der Waals surface area contributed by atoms with E-state index >= 15 is 0 Å². The predicted octanol–water partition coefficient (Wildman–Crippen LogP) is 2.74. The summed E-state index contributed by atoms with van der Waals surface area (Å²) in [5.74, 6) is -0.339. The van der Waals surface area contributed by atoms with Crippen LogP contribution in [0, 0.1) is 24.2 Å². The molecule has 1 atom stereocenters. The van der Waals surface area contributed by atoms with E-state index in [1.807, 2.05) is 13.0 Å². The highest BCUT2D eigenvalue weighted by molar-refractivity contribution is 6.29. The molecule has 1 aliphatic carbocycles. The minimum Gasteiger partial charge on any atom is -0.294 e. The summed E-state index contributed by atoms with van der Waals surface area (Å²) in [6.45, 7) is 2.37. The van der Waals surface area contributed by atoms with Gasteiger partial charge in [-0.3, -0.25) is 9.69 Å². The first-order chi connectivity index (χ1) is 10.6. The molecule has 2 fully saturated rings. The zero-order valence-electron chi connectivity index (χ0n) is 12.3. The molecular formula is C15H16ClN5O. The van der Waals surface area contributed by atoms with E-state index in [1.54, 1.807) is 16.9 Å². The van der Waals surface area contributed by atoms with Crippen molar-refractivity contribution in [3.63, 3.8) is 0 Å². The maximum Gasteiger partial charge on any atom is 0.245 e. The van der Waals surface area contributed by atoms with Crippen molar-refractivity contribution in [2.75, 3.05) is 11.4 Å². The molecule has 22 heavy (non-hydrogen) atoms. The Labute approximate surface area is 133 Å². The van der Waals surface area contributed by atoms with Crippen LogP contribution in [0.25, 0.3) is 5.52 Å². The number of hydrogen-bond donors (Lipinski definition) is 0. The second-order valence-electron chi connectivity index (χ2n) is 5.53. The van der Waals surface area contributed by atoms with Gasteiger partial charge in [0.05, 0.1) is 18.5 Å². The van der Waals surface area contributed by atoms with Gasteiger partial charge in [-0.2, -0.15) is 10.4 Å². The molecule has 7 heteroatoms. The third-order valence-corrected chi connectivity index (χ3v) is 3.78. The first-order valence-electron chi connectivity index (χ1n) is 7.33.